The van der Waals surface area contributed by atoms with Gasteiger partial charge >= 0.3 is 0 Å². The van der Waals surface area contributed by atoms with Crippen LogP contribution in [0.3, 0.4) is 0 Å². The number of unbranched alkanes of at least 4 members (excludes halogenated alkanes) is 1. The lowest BCUT2D eigenvalue weighted by atomic mass is 10.1. The van der Waals surface area contributed by atoms with E-state index in [1.54, 1.807) is 0 Å². The van der Waals surface area contributed by atoms with Gasteiger partial charge in [-0.25, -0.2) is 0 Å². The zero-order valence-corrected chi connectivity index (χ0v) is 13.9. The van der Waals surface area contributed by atoms with E-state index in [0.29, 0.717) is 0 Å². The summed E-state index contributed by atoms with van der Waals surface area (Å²) in [5.41, 5.74) is 1.47. The first-order valence-electron chi connectivity index (χ1n) is 7.60. The van der Waals surface area contributed by atoms with Crippen LogP contribution in [0.4, 0.5) is 0 Å². The predicted octanol–water partition coefficient (Wildman–Crippen LogP) is 3.19. The topological polar surface area (TPSA) is 32.3 Å². The second kappa shape index (κ2) is 10.1. The van der Waals surface area contributed by atoms with Gasteiger partial charge in [-0.05, 0) is 39.0 Å². The molecule has 0 aromatic heterocycles. The van der Waals surface area contributed by atoms with Gasteiger partial charge in [-0.2, -0.15) is 0 Å². The second-order valence-corrected chi connectivity index (χ2v) is 5.99. The van der Waals surface area contributed by atoms with Gasteiger partial charge < -0.3 is 5.32 Å². The molecule has 0 saturated heterocycles. The van der Waals surface area contributed by atoms with E-state index in [1.807, 2.05) is 19.3 Å². The first kappa shape index (κ1) is 17.3. The first-order valence-corrected chi connectivity index (χ1v) is 8.82. The Morgan fingerprint density at radius 3 is 3.00 bits per heavy atom. The highest BCUT2D eigenvalue weighted by molar-refractivity contribution is 8.03. The van der Waals surface area contributed by atoms with Crippen molar-refractivity contribution in [1.29, 1.82) is 0 Å². The molecular formula is C16H28N2OS. The lowest BCUT2D eigenvalue weighted by Gasteiger charge is -2.27. The molecule has 1 aliphatic heterocycles. The van der Waals surface area contributed by atoms with Crippen LogP contribution in [0.15, 0.2) is 22.6 Å². The van der Waals surface area contributed by atoms with E-state index in [2.05, 4.69) is 23.2 Å². The van der Waals surface area contributed by atoms with Gasteiger partial charge in [0.1, 0.15) is 0 Å². The van der Waals surface area contributed by atoms with Gasteiger partial charge in [0.25, 0.3) is 5.91 Å². The number of carbonyl (C=O) groups excluding carboxylic acids is 1. The Morgan fingerprint density at radius 2 is 2.35 bits per heavy atom. The Hall–Kier alpha value is -0.740. The Bertz CT molecular complexity index is 363. The maximum Gasteiger partial charge on any atom is 0.257 e. The molecule has 20 heavy (non-hydrogen) atoms. The first-order chi connectivity index (χ1) is 9.71. The van der Waals surface area contributed by atoms with Gasteiger partial charge in [-0.3, -0.25) is 9.69 Å². The normalized spacial score (nSPS) is 16.9. The summed E-state index contributed by atoms with van der Waals surface area (Å²) in [7, 11) is 0. The van der Waals surface area contributed by atoms with E-state index >= 15 is 0 Å². The van der Waals surface area contributed by atoms with Crippen molar-refractivity contribution >= 4 is 17.7 Å². The Labute approximate surface area is 127 Å². The summed E-state index contributed by atoms with van der Waals surface area (Å²) in [5, 5.41) is 3.00. The molecule has 4 heteroatoms. The van der Waals surface area contributed by atoms with E-state index in [0.717, 1.165) is 30.8 Å². The highest BCUT2D eigenvalue weighted by Gasteiger charge is 2.12. The molecule has 1 N–H and O–H groups in total. The number of rotatable bonds is 8. The van der Waals surface area contributed by atoms with E-state index in [1.165, 1.54) is 43.3 Å². The average Bonchev–Trinajstić information content (AvgIpc) is 2.47. The standard InChI is InChI=1S/C16H28N2OS/c1-4-6-11-18-12-7-8-14(13-18)9-10-17-16(19)15(5-2)20-3/h5,8H,4,6-7,9-13H2,1-3H3,(H,17,19)/b15-5-. The Kier molecular flexibility index (Phi) is 8.70. The van der Waals surface area contributed by atoms with Crippen LogP contribution < -0.4 is 5.32 Å². The lowest BCUT2D eigenvalue weighted by molar-refractivity contribution is -0.116. The quantitative estimate of drug-likeness (QED) is 0.551. The summed E-state index contributed by atoms with van der Waals surface area (Å²) >= 11 is 1.50. The van der Waals surface area contributed by atoms with Crippen molar-refractivity contribution in [3.63, 3.8) is 0 Å². The molecule has 0 radical (unpaired) electrons. The minimum atomic E-state index is 0.0549. The molecule has 1 rings (SSSR count). The van der Waals surface area contributed by atoms with Gasteiger partial charge in [0.05, 0.1) is 4.91 Å². The number of nitrogens with one attached hydrogen (secondary N) is 1. The molecule has 0 aliphatic carbocycles. The summed E-state index contributed by atoms with van der Waals surface area (Å²) in [6, 6.07) is 0. The highest BCUT2D eigenvalue weighted by Crippen LogP contribution is 2.14. The zero-order valence-electron chi connectivity index (χ0n) is 13.1. The van der Waals surface area contributed by atoms with Crippen LogP contribution in [0, 0.1) is 0 Å². The molecule has 0 aromatic carbocycles. The molecule has 0 fully saturated rings. The lowest BCUT2D eigenvalue weighted by Crippen LogP contribution is -2.32. The molecule has 0 unspecified atom stereocenters. The van der Waals surface area contributed by atoms with Crippen LogP contribution in [0.2, 0.25) is 0 Å². The molecule has 0 bridgehead atoms. The molecule has 114 valence electrons. The summed E-state index contributed by atoms with van der Waals surface area (Å²) in [5.74, 6) is 0.0549. The van der Waals surface area contributed by atoms with Crippen molar-refractivity contribution in [3.8, 4) is 0 Å². The van der Waals surface area contributed by atoms with Crippen molar-refractivity contribution in [2.24, 2.45) is 0 Å². The molecule has 1 aliphatic rings. The summed E-state index contributed by atoms with van der Waals surface area (Å²) in [4.78, 5) is 15.1. The minimum Gasteiger partial charge on any atom is -0.351 e. The number of thioether (sulfide) groups is 1. The fourth-order valence-corrected chi connectivity index (χ4v) is 2.89. The molecule has 0 spiro atoms. The smallest absolute Gasteiger partial charge is 0.257 e. The maximum absolute atomic E-state index is 11.8. The largest absolute Gasteiger partial charge is 0.351 e. The van der Waals surface area contributed by atoms with Crippen molar-refractivity contribution in [2.45, 2.75) is 39.5 Å². The average molecular weight is 296 g/mol. The number of allylic oxidation sites excluding steroid dienone is 1. The van der Waals surface area contributed by atoms with E-state index in [4.69, 9.17) is 0 Å². The van der Waals surface area contributed by atoms with Gasteiger partial charge in [-0.15, -0.1) is 11.8 Å². The second-order valence-electron chi connectivity index (χ2n) is 5.14. The van der Waals surface area contributed by atoms with Crippen LogP contribution in [0.25, 0.3) is 0 Å². The summed E-state index contributed by atoms with van der Waals surface area (Å²) < 4.78 is 0. The Balaban J connectivity index is 2.28. The predicted molar refractivity (Wildman–Crippen MR) is 88.9 cm³/mol. The van der Waals surface area contributed by atoms with Crippen molar-refractivity contribution < 1.29 is 4.79 Å². The van der Waals surface area contributed by atoms with Crippen LogP contribution in [0.1, 0.15) is 39.5 Å². The number of carbonyl (C=O) groups is 1. The van der Waals surface area contributed by atoms with Crippen LogP contribution >= 0.6 is 11.8 Å². The van der Waals surface area contributed by atoms with Gasteiger partial charge in [-0.1, -0.05) is 31.1 Å². The fourth-order valence-electron chi connectivity index (χ4n) is 2.40. The number of amides is 1. The van der Waals surface area contributed by atoms with Gasteiger partial charge in [0.15, 0.2) is 0 Å². The minimum absolute atomic E-state index is 0.0549. The third kappa shape index (κ3) is 6.14. The molecule has 3 nitrogen and oxygen atoms in total. The third-order valence-electron chi connectivity index (χ3n) is 3.57. The molecule has 0 aromatic rings. The molecule has 1 amide bonds. The monoisotopic (exact) mass is 296 g/mol. The van der Waals surface area contributed by atoms with Crippen molar-refractivity contribution in [3.05, 3.63) is 22.6 Å². The Morgan fingerprint density at radius 1 is 1.55 bits per heavy atom. The van der Waals surface area contributed by atoms with E-state index in [-0.39, 0.29) is 5.91 Å². The van der Waals surface area contributed by atoms with Crippen LogP contribution in [-0.4, -0.2) is 43.2 Å². The zero-order chi connectivity index (χ0) is 14.8. The van der Waals surface area contributed by atoms with Gasteiger partial charge in [0, 0.05) is 19.6 Å². The third-order valence-corrected chi connectivity index (χ3v) is 4.43. The van der Waals surface area contributed by atoms with E-state index < -0.39 is 0 Å². The van der Waals surface area contributed by atoms with E-state index in [9.17, 15) is 4.79 Å². The number of hydrogen-bond donors (Lipinski definition) is 1. The number of nitrogens with zero attached hydrogens (tertiary/aromatic N) is 1. The molecular weight excluding hydrogens is 268 g/mol. The highest BCUT2D eigenvalue weighted by atomic mass is 32.2. The fraction of sp³-hybridized carbons (Fsp3) is 0.688. The molecule has 0 saturated carbocycles. The van der Waals surface area contributed by atoms with Gasteiger partial charge in [0.2, 0.25) is 0 Å². The molecule has 0 atom stereocenters. The van der Waals surface area contributed by atoms with Crippen molar-refractivity contribution in [1.82, 2.24) is 10.2 Å². The summed E-state index contributed by atoms with van der Waals surface area (Å²) in [6.45, 7) is 8.35. The SMILES string of the molecule is C/C=C(\SC)C(=O)NCCC1=CCCN(CCCC)C1. The maximum atomic E-state index is 11.8. The molecule has 1 heterocycles. The van der Waals surface area contributed by atoms with Crippen LogP contribution in [0.5, 0.6) is 0 Å². The summed E-state index contributed by atoms with van der Waals surface area (Å²) in [6.07, 6.45) is 10.8. The number of hydrogen-bond acceptors (Lipinski definition) is 3. The van der Waals surface area contributed by atoms with Crippen LogP contribution in [-0.2, 0) is 4.79 Å². The van der Waals surface area contributed by atoms with Crippen molar-refractivity contribution in [2.75, 3.05) is 32.4 Å².